The quantitative estimate of drug-likeness (QED) is 0.166. The standard InChI is InChI=1S/C42H48N3/c1-5-15-37(16-6-1)31-43-27-13-29-45(35-41-19-9-3-10-20-41,36-42-21-11-4-12-22-42)30-14-28-44(32-38-17-7-2-8-18-38)34-40-25-23-39(33-43)24-26-40/h1-12,15-26H,13-14,27-36H2/q+1. The van der Waals surface area contributed by atoms with Gasteiger partial charge in [-0.05, 0) is 22.3 Å². The summed E-state index contributed by atoms with van der Waals surface area (Å²) in [6, 6.07) is 53.8. The zero-order valence-electron chi connectivity index (χ0n) is 26.7. The Kier molecular flexibility index (Phi) is 10.9. The van der Waals surface area contributed by atoms with Crippen LogP contribution in [0.2, 0.25) is 0 Å². The van der Waals surface area contributed by atoms with Crippen molar-refractivity contribution in [3.63, 3.8) is 0 Å². The summed E-state index contributed by atoms with van der Waals surface area (Å²) in [5.74, 6) is 0. The van der Waals surface area contributed by atoms with Crippen LogP contribution in [-0.4, -0.2) is 40.5 Å². The van der Waals surface area contributed by atoms with Crippen LogP contribution in [0.5, 0.6) is 0 Å². The summed E-state index contributed by atoms with van der Waals surface area (Å²) in [4.78, 5) is 5.32. The molecule has 0 atom stereocenters. The van der Waals surface area contributed by atoms with Gasteiger partial charge in [0, 0.05) is 63.2 Å². The second-order valence-corrected chi connectivity index (χ2v) is 13.0. The van der Waals surface area contributed by atoms with E-state index < -0.39 is 0 Å². The summed E-state index contributed by atoms with van der Waals surface area (Å²) in [7, 11) is 0. The second kappa shape index (κ2) is 15.8. The minimum Gasteiger partial charge on any atom is -0.316 e. The number of quaternary nitrogens is 1. The van der Waals surface area contributed by atoms with E-state index >= 15 is 0 Å². The summed E-state index contributed by atoms with van der Waals surface area (Å²) in [5, 5.41) is 0. The number of hydrogen-bond donors (Lipinski definition) is 0. The predicted molar refractivity (Wildman–Crippen MR) is 187 cm³/mol. The van der Waals surface area contributed by atoms with Crippen molar-refractivity contribution < 1.29 is 4.48 Å². The summed E-state index contributed by atoms with van der Waals surface area (Å²) in [6.45, 7) is 10.5. The van der Waals surface area contributed by atoms with Crippen LogP contribution in [0, 0.1) is 0 Å². The normalized spacial score (nSPS) is 16.5. The molecule has 3 heteroatoms. The SMILES string of the molecule is c1ccc(CN2CCC[N+](Cc3ccccc3)(Cc3ccccc3)CCCN(Cc3ccccc3)Cc3ccc(cc3)C2)cc1. The fourth-order valence-electron chi connectivity index (χ4n) is 7.06. The zero-order chi connectivity index (χ0) is 30.6. The zero-order valence-corrected chi connectivity index (χ0v) is 26.7. The van der Waals surface area contributed by atoms with Crippen molar-refractivity contribution >= 4 is 0 Å². The second-order valence-electron chi connectivity index (χ2n) is 13.0. The molecule has 5 aromatic carbocycles. The number of fused-ring (bicyclic) bond motifs is 12. The molecule has 0 spiro atoms. The first-order valence-corrected chi connectivity index (χ1v) is 16.7. The molecule has 0 radical (unpaired) electrons. The van der Waals surface area contributed by atoms with Crippen LogP contribution in [0.25, 0.3) is 0 Å². The first-order valence-electron chi connectivity index (χ1n) is 16.7. The fraction of sp³-hybridized carbons (Fsp3) is 0.286. The number of hydrogen-bond acceptors (Lipinski definition) is 2. The van der Waals surface area contributed by atoms with Crippen molar-refractivity contribution in [1.29, 1.82) is 0 Å². The minimum absolute atomic E-state index is 0.972. The van der Waals surface area contributed by atoms with Gasteiger partial charge in [0.15, 0.2) is 0 Å². The highest BCUT2D eigenvalue weighted by Gasteiger charge is 2.29. The number of rotatable bonds is 8. The van der Waals surface area contributed by atoms with Crippen LogP contribution in [0.4, 0.5) is 0 Å². The van der Waals surface area contributed by atoms with Crippen molar-refractivity contribution in [1.82, 2.24) is 9.80 Å². The van der Waals surface area contributed by atoms with Crippen LogP contribution >= 0.6 is 0 Å². The highest BCUT2D eigenvalue weighted by molar-refractivity contribution is 5.24. The molecule has 0 fully saturated rings. The molecule has 2 bridgehead atoms. The maximum Gasteiger partial charge on any atom is 0.105 e. The third kappa shape index (κ3) is 9.48. The Labute approximate surface area is 271 Å². The first kappa shape index (κ1) is 31.0. The van der Waals surface area contributed by atoms with Crippen molar-refractivity contribution in [3.05, 3.63) is 179 Å². The molecule has 0 saturated heterocycles. The minimum atomic E-state index is 0.972. The molecule has 230 valence electrons. The van der Waals surface area contributed by atoms with Crippen molar-refractivity contribution in [2.75, 3.05) is 26.2 Å². The first-order chi connectivity index (χ1) is 22.2. The molecule has 7 rings (SSSR count). The summed E-state index contributed by atoms with van der Waals surface area (Å²) >= 11 is 0. The van der Waals surface area contributed by atoms with Crippen LogP contribution in [0.3, 0.4) is 0 Å². The Balaban J connectivity index is 1.31. The molecule has 0 N–H and O–H groups in total. The van der Waals surface area contributed by atoms with Crippen LogP contribution in [0.1, 0.15) is 46.2 Å². The molecule has 45 heavy (non-hydrogen) atoms. The molecule has 5 aromatic rings. The average molecular weight is 595 g/mol. The number of benzene rings is 5. The van der Waals surface area contributed by atoms with Gasteiger partial charge in [-0.1, -0.05) is 146 Å². The molecule has 0 aromatic heterocycles. The van der Waals surface area contributed by atoms with E-state index in [0.29, 0.717) is 0 Å². The van der Waals surface area contributed by atoms with Crippen LogP contribution < -0.4 is 0 Å². The third-order valence-corrected chi connectivity index (χ3v) is 9.27. The molecular weight excluding hydrogens is 546 g/mol. The Bertz CT molecular complexity index is 1420. The predicted octanol–water partition coefficient (Wildman–Crippen LogP) is 8.70. The lowest BCUT2D eigenvalue weighted by Crippen LogP contribution is -2.49. The van der Waals surface area contributed by atoms with Gasteiger partial charge in [-0.2, -0.15) is 0 Å². The molecule has 0 amide bonds. The van der Waals surface area contributed by atoms with Gasteiger partial charge >= 0.3 is 0 Å². The van der Waals surface area contributed by atoms with Crippen molar-refractivity contribution in [2.24, 2.45) is 0 Å². The van der Waals surface area contributed by atoms with E-state index in [2.05, 4.69) is 155 Å². The van der Waals surface area contributed by atoms with Gasteiger partial charge in [0.2, 0.25) is 0 Å². The lowest BCUT2D eigenvalue weighted by molar-refractivity contribution is -0.954. The van der Waals surface area contributed by atoms with Gasteiger partial charge < -0.3 is 4.48 Å². The lowest BCUT2D eigenvalue weighted by Gasteiger charge is -2.40. The van der Waals surface area contributed by atoms with E-state index in [1.807, 2.05) is 0 Å². The third-order valence-electron chi connectivity index (χ3n) is 9.27. The van der Waals surface area contributed by atoms with E-state index in [4.69, 9.17) is 0 Å². The molecule has 0 saturated carbocycles. The van der Waals surface area contributed by atoms with Gasteiger partial charge in [0.25, 0.3) is 0 Å². The van der Waals surface area contributed by atoms with E-state index in [-0.39, 0.29) is 0 Å². The maximum atomic E-state index is 2.66. The van der Waals surface area contributed by atoms with E-state index in [1.54, 1.807) is 0 Å². The molecular formula is C42H48N3+. The smallest absolute Gasteiger partial charge is 0.105 e. The Hall–Kier alpha value is -4.02. The lowest BCUT2D eigenvalue weighted by atomic mass is 10.1. The van der Waals surface area contributed by atoms with Gasteiger partial charge in [-0.15, -0.1) is 0 Å². The van der Waals surface area contributed by atoms with Crippen LogP contribution in [0.15, 0.2) is 146 Å². The van der Waals surface area contributed by atoms with E-state index in [9.17, 15) is 0 Å². The van der Waals surface area contributed by atoms with Gasteiger partial charge in [-0.3, -0.25) is 9.80 Å². The summed E-state index contributed by atoms with van der Waals surface area (Å²) in [6.07, 6.45) is 2.33. The molecule has 2 aliphatic heterocycles. The summed E-state index contributed by atoms with van der Waals surface area (Å²) in [5.41, 5.74) is 8.44. The topological polar surface area (TPSA) is 6.48 Å². The Morgan fingerprint density at radius 2 is 0.733 bits per heavy atom. The van der Waals surface area contributed by atoms with Gasteiger partial charge in [0.05, 0.1) is 13.1 Å². The number of nitrogens with zero attached hydrogens (tertiary/aromatic N) is 3. The van der Waals surface area contributed by atoms with E-state index in [1.165, 1.54) is 33.4 Å². The van der Waals surface area contributed by atoms with Gasteiger partial charge in [0.1, 0.15) is 13.1 Å². The fourth-order valence-corrected chi connectivity index (χ4v) is 7.06. The molecule has 2 aliphatic rings. The molecule has 0 aliphatic carbocycles. The molecule has 0 unspecified atom stereocenters. The maximum absolute atomic E-state index is 2.66. The molecule has 3 nitrogen and oxygen atoms in total. The Morgan fingerprint density at radius 1 is 0.400 bits per heavy atom. The van der Waals surface area contributed by atoms with Crippen molar-refractivity contribution in [3.8, 4) is 0 Å². The van der Waals surface area contributed by atoms with Gasteiger partial charge in [-0.25, -0.2) is 0 Å². The average Bonchev–Trinajstić information content (AvgIpc) is 3.08. The highest BCUT2D eigenvalue weighted by atomic mass is 15.4. The Morgan fingerprint density at radius 3 is 1.09 bits per heavy atom. The van der Waals surface area contributed by atoms with Crippen LogP contribution in [-0.2, 0) is 39.3 Å². The highest BCUT2D eigenvalue weighted by Crippen LogP contribution is 2.24. The van der Waals surface area contributed by atoms with E-state index in [0.717, 1.165) is 82.8 Å². The largest absolute Gasteiger partial charge is 0.316 e. The summed E-state index contributed by atoms with van der Waals surface area (Å²) < 4.78 is 1.08. The van der Waals surface area contributed by atoms with Crippen molar-refractivity contribution in [2.45, 2.75) is 52.1 Å². The monoisotopic (exact) mass is 594 g/mol. The molecule has 2 heterocycles.